The van der Waals surface area contributed by atoms with E-state index in [0.717, 1.165) is 12.8 Å². The van der Waals surface area contributed by atoms with Gasteiger partial charge in [-0.25, -0.2) is 15.0 Å². The lowest BCUT2D eigenvalue weighted by Gasteiger charge is -2.35. The number of ether oxygens (including phenoxy) is 1. The summed E-state index contributed by atoms with van der Waals surface area (Å²) in [5.74, 6) is 5.45. The summed E-state index contributed by atoms with van der Waals surface area (Å²) in [6.45, 7) is 1.49. The molecule has 1 saturated carbocycles. The fourth-order valence-corrected chi connectivity index (χ4v) is 5.36. The van der Waals surface area contributed by atoms with Crippen molar-refractivity contribution < 1.29 is 23.5 Å². The van der Waals surface area contributed by atoms with E-state index >= 15 is 0 Å². The molecule has 42 heavy (non-hydrogen) atoms. The molecule has 0 bridgehead atoms. The molecule has 0 atom stereocenters. The van der Waals surface area contributed by atoms with Gasteiger partial charge in [0.2, 0.25) is 11.8 Å². The van der Waals surface area contributed by atoms with Crippen LogP contribution in [-0.2, 0) is 9.59 Å². The first-order valence-corrected chi connectivity index (χ1v) is 14.2. The number of anilines is 1. The Labute approximate surface area is 245 Å². The normalized spacial score (nSPS) is 15.5. The van der Waals surface area contributed by atoms with E-state index in [1.54, 1.807) is 34.2 Å². The van der Waals surface area contributed by atoms with E-state index in [1.807, 2.05) is 0 Å². The minimum absolute atomic E-state index is 0.0195. The first-order valence-electron chi connectivity index (χ1n) is 13.4. The molecule has 2 aliphatic rings. The Morgan fingerprint density at radius 1 is 1.10 bits per heavy atom. The highest BCUT2D eigenvalue weighted by molar-refractivity contribution is 7.20. The van der Waals surface area contributed by atoms with E-state index in [4.69, 9.17) is 22.0 Å². The molecular formula is C27H32FN9O4S. The number of hydrazine groups is 1. The number of carbonyl (C=O) groups is 3. The van der Waals surface area contributed by atoms with Crippen LogP contribution in [0.3, 0.4) is 0 Å². The number of pyridine rings is 1. The summed E-state index contributed by atoms with van der Waals surface area (Å²) in [5.41, 5.74) is 12.9. The number of benzene rings is 1. The van der Waals surface area contributed by atoms with Crippen LogP contribution in [0.4, 0.5) is 14.9 Å². The van der Waals surface area contributed by atoms with Crippen LogP contribution in [-0.4, -0.2) is 82.9 Å². The van der Waals surface area contributed by atoms with Gasteiger partial charge in [-0.05, 0) is 31.0 Å². The molecule has 5 rings (SSSR count). The number of nitrogens with zero attached hydrogens (tertiary/aromatic N) is 4. The minimum Gasteiger partial charge on any atom is -0.453 e. The molecule has 8 N–H and O–H groups in total. The second-order valence-electron chi connectivity index (χ2n) is 9.98. The van der Waals surface area contributed by atoms with Crippen LogP contribution in [0.1, 0.15) is 17.7 Å². The fraction of sp³-hybridized carbons (Fsp3) is 0.333. The zero-order valence-electron chi connectivity index (χ0n) is 22.7. The lowest BCUT2D eigenvalue weighted by molar-refractivity contribution is -0.139. The summed E-state index contributed by atoms with van der Waals surface area (Å²) < 4.78 is 21.3. The third-order valence-corrected chi connectivity index (χ3v) is 7.95. The van der Waals surface area contributed by atoms with Gasteiger partial charge in [-0.1, -0.05) is 0 Å². The van der Waals surface area contributed by atoms with E-state index in [1.165, 1.54) is 34.7 Å². The number of piperazine rings is 1. The fourth-order valence-electron chi connectivity index (χ4n) is 4.38. The molecule has 1 aliphatic heterocycles. The van der Waals surface area contributed by atoms with Crippen LogP contribution in [0.15, 0.2) is 42.7 Å². The van der Waals surface area contributed by atoms with Gasteiger partial charge < -0.3 is 41.6 Å². The number of carbonyl (C=O) groups excluding carboxylic acids is 3. The Morgan fingerprint density at radius 2 is 1.81 bits per heavy atom. The van der Waals surface area contributed by atoms with Gasteiger partial charge in [0.25, 0.3) is 0 Å². The van der Waals surface area contributed by atoms with Crippen molar-refractivity contribution in [2.45, 2.75) is 18.9 Å². The number of fused-ring (bicyclic) bond motifs is 1. The third kappa shape index (κ3) is 7.05. The minimum atomic E-state index is -0.642. The average Bonchev–Trinajstić information content (AvgIpc) is 3.66. The topological polar surface area (TPSA) is 185 Å². The van der Waals surface area contributed by atoms with Crippen LogP contribution in [0.5, 0.6) is 11.5 Å². The number of urea groups is 1. The molecule has 13 nitrogen and oxygen atoms in total. The smallest absolute Gasteiger partial charge is 0.319 e. The van der Waals surface area contributed by atoms with Crippen molar-refractivity contribution in [2.24, 2.45) is 17.3 Å². The Balaban J connectivity index is 1.22. The highest BCUT2D eigenvalue weighted by atomic mass is 32.1. The van der Waals surface area contributed by atoms with Crippen LogP contribution in [0.25, 0.3) is 15.9 Å². The maximum atomic E-state index is 14.8. The van der Waals surface area contributed by atoms with Crippen molar-refractivity contribution in [2.75, 3.05) is 44.6 Å². The van der Waals surface area contributed by atoms with Gasteiger partial charge in [0, 0.05) is 62.4 Å². The van der Waals surface area contributed by atoms with E-state index in [2.05, 4.69) is 15.6 Å². The Kier molecular flexibility index (Phi) is 8.70. The van der Waals surface area contributed by atoms with Crippen LogP contribution in [0.2, 0.25) is 0 Å². The molecule has 1 aromatic carbocycles. The van der Waals surface area contributed by atoms with Crippen LogP contribution in [0, 0.1) is 5.82 Å². The second kappa shape index (κ2) is 12.6. The largest absolute Gasteiger partial charge is 0.453 e. The number of hydrogen-bond donors (Lipinski definition) is 5. The van der Waals surface area contributed by atoms with Gasteiger partial charge in [0.1, 0.15) is 12.3 Å². The Bertz CT molecular complexity index is 1520. The maximum absolute atomic E-state index is 14.8. The van der Waals surface area contributed by atoms with E-state index < -0.39 is 5.82 Å². The Morgan fingerprint density at radius 3 is 2.48 bits per heavy atom. The van der Waals surface area contributed by atoms with Gasteiger partial charge in [-0.2, -0.15) is 0 Å². The Hall–Kier alpha value is -4.47. The van der Waals surface area contributed by atoms with Crippen LogP contribution < -0.4 is 32.7 Å². The first-order chi connectivity index (χ1) is 20.2. The number of nitrogens with one attached hydrogen (secondary N) is 2. The van der Waals surface area contributed by atoms with Crippen molar-refractivity contribution in [3.8, 4) is 11.5 Å². The van der Waals surface area contributed by atoms with E-state index in [9.17, 15) is 18.8 Å². The molecule has 1 saturated heterocycles. The highest BCUT2D eigenvalue weighted by Crippen LogP contribution is 2.37. The van der Waals surface area contributed by atoms with Gasteiger partial charge in [-0.15, -0.1) is 11.3 Å². The third-order valence-electron chi connectivity index (χ3n) is 6.76. The molecule has 15 heteroatoms. The molecule has 2 fully saturated rings. The molecule has 1 aliphatic carbocycles. The summed E-state index contributed by atoms with van der Waals surface area (Å²) in [4.78, 5) is 44.7. The molecule has 0 radical (unpaired) electrons. The number of thiophene rings is 1. The van der Waals surface area contributed by atoms with Gasteiger partial charge in [0.15, 0.2) is 11.6 Å². The monoisotopic (exact) mass is 597 g/mol. The molecule has 0 unspecified atom stereocenters. The number of rotatable bonds is 9. The quantitative estimate of drug-likeness (QED) is 0.180. The summed E-state index contributed by atoms with van der Waals surface area (Å²) in [6.07, 6.45) is 4.90. The standard InChI is InChI=1S/C27H32FN9O4S/c28-18-11-17(34-27(40)33-16-1-2-16)3-4-21(18)41-22-5-6-32-20-12-23(42-26(20)22)19(30)14-37(31)15-25(39)36-9-7-35(8-10-36)24(38)13-29/h3-6,11-12,14,16H,1-2,7-10,13,15,29-31H2,(H2,33,34,40)/b19-14-. The average molecular weight is 598 g/mol. The highest BCUT2D eigenvalue weighted by Gasteiger charge is 2.25. The maximum Gasteiger partial charge on any atom is 0.319 e. The number of halogens is 1. The lowest BCUT2D eigenvalue weighted by Crippen LogP contribution is -2.53. The van der Waals surface area contributed by atoms with E-state index in [0.29, 0.717) is 58.4 Å². The SMILES string of the molecule is NCC(=O)N1CCN(C(=O)CN(N)/C=C(\N)c2cc3nccc(Oc4ccc(NC(=O)NC5CC5)cc4F)c3s2)CC1. The van der Waals surface area contributed by atoms with E-state index in [-0.39, 0.29) is 42.7 Å². The summed E-state index contributed by atoms with van der Waals surface area (Å²) in [5, 5.41) is 6.60. The molecule has 4 amide bonds. The molecule has 222 valence electrons. The van der Waals surface area contributed by atoms with Crippen molar-refractivity contribution in [3.63, 3.8) is 0 Å². The number of nitrogens with two attached hydrogens (primary N) is 3. The molecule has 2 aromatic heterocycles. The van der Waals surface area contributed by atoms with Crippen molar-refractivity contribution >= 4 is 50.8 Å². The summed E-state index contributed by atoms with van der Waals surface area (Å²) in [7, 11) is 0. The predicted octanol–water partition coefficient (Wildman–Crippen LogP) is 1.57. The summed E-state index contributed by atoms with van der Waals surface area (Å²) in [6, 6.07) is 7.37. The van der Waals surface area contributed by atoms with Crippen LogP contribution >= 0.6 is 11.3 Å². The van der Waals surface area contributed by atoms with Crippen molar-refractivity contribution in [3.05, 3.63) is 53.4 Å². The van der Waals surface area contributed by atoms with Gasteiger partial charge in [0.05, 0.1) is 27.3 Å². The molecule has 0 spiro atoms. The van der Waals surface area contributed by atoms with Gasteiger partial charge in [-0.3, -0.25) is 14.6 Å². The molecule has 3 aromatic rings. The van der Waals surface area contributed by atoms with Gasteiger partial charge >= 0.3 is 6.03 Å². The number of hydrogen-bond acceptors (Lipinski definition) is 10. The first kappa shape index (κ1) is 29.0. The summed E-state index contributed by atoms with van der Waals surface area (Å²) >= 11 is 1.28. The predicted molar refractivity (Wildman–Crippen MR) is 157 cm³/mol. The molecular weight excluding hydrogens is 565 g/mol. The number of amides is 4. The zero-order chi connectivity index (χ0) is 29.8. The lowest BCUT2D eigenvalue weighted by atomic mass is 10.3. The van der Waals surface area contributed by atoms with Crippen molar-refractivity contribution in [1.29, 1.82) is 0 Å². The zero-order valence-corrected chi connectivity index (χ0v) is 23.5. The van der Waals surface area contributed by atoms with Crippen molar-refractivity contribution in [1.82, 2.24) is 25.1 Å². The second-order valence-corrected chi connectivity index (χ2v) is 11.0. The molecule has 3 heterocycles. The number of aromatic nitrogens is 1.